The van der Waals surface area contributed by atoms with E-state index in [1.54, 1.807) is 31.6 Å². The molecule has 0 saturated heterocycles. The predicted molar refractivity (Wildman–Crippen MR) is 60.3 cm³/mol. The Morgan fingerprint density at radius 1 is 1.31 bits per heavy atom. The van der Waals surface area contributed by atoms with Gasteiger partial charge in [0, 0.05) is 13.2 Å². The van der Waals surface area contributed by atoms with Crippen molar-refractivity contribution in [3.63, 3.8) is 0 Å². The van der Waals surface area contributed by atoms with Crippen molar-refractivity contribution in [1.29, 1.82) is 0 Å². The van der Waals surface area contributed by atoms with Crippen LogP contribution in [0.1, 0.15) is 10.5 Å². The third-order valence-electron chi connectivity index (χ3n) is 2.04. The van der Waals surface area contributed by atoms with Crippen LogP contribution in [0.2, 0.25) is 0 Å². The molecule has 0 atom stereocenters. The number of nitrogens with one attached hydrogen (secondary N) is 3. The van der Waals surface area contributed by atoms with Crippen molar-refractivity contribution >= 4 is 17.3 Å². The number of aromatic nitrogens is 3. The monoisotopic (exact) mass is 217 g/mol. The lowest BCUT2D eigenvalue weighted by Gasteiger charge is -2.02. The first-order valence-corrected chi connectivity index (χ1v) is 4.73. The van der Waals surface area contributed by atoms with Gasteiger partial charge in [-0.25, -0.2) is 4.98 Å². The fourth-order valence-corrected chi connectivity index (χ4v) is 1.19. The van der Waals surface area contributed by atoms with Crippen LogP contribution < -0.4 is 10.6 Å². The molecule has 16 heavy (non-hydrogen) atoms. The van der Waals surface area contributed by atoms with E-state index in [0.717, 1.165) is 5.69 Å². The van der Waals surface area contributed by atoms with Gasteiger partial charge in [-0.2, -0.15) is 5.10 Å². The number of amides is 1. The Hall–Kier alpha value is -2.37. The molecule has 3 N–H and O–H groups in total. The van der Waals surface area contributed by atoms with Gasteiger partial charge in [0.05, 0.1) is 23.8 Å². The fraction of sp³-hybridized carbons (Fsp3) is 0.100. The Balaban J connectivity index is 2.09. The zero-order chi connectivity index (χ0) is 11.4. The SMILES string of the molecule is CNc1ccc(C(=O)Nc2cn[nH]c2)nc1. The van der Waals surface area contributed by atoms with Gasteiger partial charge < -0.3 is 10.6 Å². The van der Waals surface area contributed by atoms with Gasteiger partial charge in [0.2, 0.25) is 0 Å². The number of H-pyrrole nitrogens is 1. The molecule has 0 spiro atoms. The smallest absolute Gasteiger partial charge is 0.274 e. The van der Waals surface area contributed by atoms with E-state index in [1.165, 1.54) is 6.20 Å². The van der Waals surface area contributed by atoms with Gasteiger partial charge in [-0.15, -0.1) is 0 Å². The second-order valence-electron chi connectivity index (χ2n) is 3.12. The van der Waals surface area contributed by atoms with E-state index in [-0.39, 0.29) is 5.91 Å². The van der Waals surface area contributed by atoms with E-state index in [1.807, 2.05) is 0 Å². The fourth-order valence-electron chi connectivity index (χ4n) is 1.19. The minimum atomic E-state index is -0.260. The summed E-state index contributed by atoms with van der Waals surface area (Å²) in [6, 6.07) is 3.44. The van der Waals surface area contributed by atoms with Crippen molar-refractivity contribution in [3.8, 4) is 0 Å². The van der Waals surface area contributed by atoms with Gasteiger partial charge >= 0.3 is 0 Å². The molecule has 2 heterocycles. The number of aromatic amines is 1. The Morgan fingerprint density at radius 2 is 2.19 bits per heavy atom. The summed E-state index contributed by atoms with van der Waals surface area (Å²) in [5.41, 5.74) is 1.84. The van der Waals surface area contributed by atoms with Crippen molar-refractivity contribution in [1.82, 2.24) is 15.2 Å². The van der Waals surface area contributed by atoms with E-state index in [9.17, 15) is 4.79 Å². The summed E-state index contributed by atoms with van der Waals surface area (Å²) in [4.78, 5) is 15.7. The van der Waals surface area contributed by atoms with Crippen LogP contribution in [0.25, 0.3) is 0 Å². The third kappa shape index (κ3) is 2.17. The van der Waals surface area contributed by atoms with Gasteiger partial charge in [0.25, 0.3) is 5.91 Å². The molecular formula is C10H11N5O. The van der Waals surface area contributed by atoms with Gasteiger partial charge in [-0.05, 0) is 12.1 Å². The Bertz CT molecular complexity index is 462. The van der Waals surface area contributed by atoms with Gasteiger partial charge in [-0.1, -0.05) is 0 Å². The van der Waals surface area contributed by atoms with Gasteiger partial charge in [0.1, 0.15) is 5.69 Å². The molecular weight excluding hydrogens is 206 g/mol. The van der Waals surface area contributed by atoms with Gasteiger partial charge in [-0.3, -0.25) is 9.89 Å². The van der Waals surface area contributed by atoms with E-state index in [2.05, 4.69) is 25.8 Å². The summed E-state index contributed by atoms with van der Waals surface area (Å²) in [5.74, 6) is -0.260. The largest absolute Gasteiger partial charge is 0.387 e. The summed E-state index contributed by atoms with van der Waals surface area (Å²) >= 11 is 0. The highest BCUT2D eigenvalue weighted by molar-refractivity contribution is 6.02. The minimum absolute atomic E-state index is 0.260. The maximum absolute atomic E-state index is 11.7. The lowest BCUT2D eigenvalue weighted by atomic mass is 10.3. The Morgan fingerprint density at radius 3 is 2.75 bits per heavy atom. The summed E-state index contributed by atoms with van der Waals surface area (Å²) in [6.07, 6.45) is 4.73. The number of pyridine rings is 1. The molecule has 1 amide bonds. The van der Waals surface area contributed by atoms with Crippen molar-refractivity contribution < 1.29 is 4.79 Å². The van der Waals surface area contributed by atoms with Crippen LogP contribution >= 0.6 is 0 Å². The standard InChI is InChI=1S/C10H11N5O/c1-11-7-2-3-9(12-4-7)10(16)15-8-5-13-14-6-8/h2-6,11H,1H3,(H,13,14)(H,15,16). The van der Waals surface area contributed by atoms with Crippen molar-refractivity contribution in [3.05, 3.63) is 36.4 Å². The Kier molecular flexibility index (Phi) is 2.81. The summed E-state index contributed by atoms with van der Waals surface area (Å²) in [7, 11) is 1.79. The third-order valence-corrected chi connectivity index (χ3v) is 2.04. The maximum atomic E-state index is 11.7. The van der Waals surface area contributed by atoms with E-state index in [4.69, 9.17) is 0 Å². The Labute approximate surface area is 92.1 Å². The number of anilines is 2. The predicted octanol–water partition coefficient (Wildman–Crippen LogP) is 1.10. The minimum Gasteiger partial charge on any atom is -0.387 e. The molecule has 2 aromatic heterocycles. The first-order chi connectivity index (χ1) is 7.79. The van der Waals surface area contributed by atoms with Crippen molar-refractivity contribution in [2.45, 2.75) is 0 Å². The van der Waals surface area contributed by atoms with Crippen LogP contribution in [0.3, 0.4) is 0 Å². The van der Waals surface area contributed by atoms with Crippen LogP contribution in [-0.2, 0) is 0 Å². The molecule has 0 saturated carbocycles. The summed E-state index contributed by atoms with van der Waals surface area (Å²) in [5, 5.41) is 11.9. The average molecular weight is 217 g/mol. The molecule has 0 fully saturated rings. The van der Waals surface area contributed by atoms with E-state index >= 15 is 0 Å². The molecule has 6 heteroatoms. The molecule has 2 aromatic rings. The highest BCUT2D eigenvalue weighted by atomic mass is 16.1. The maximum Gasteiger partial charge on any atom is 0.274 e. The molecule has 2 rings (SSSR count). The molecule has 0 aliphatic heterocycles. The zero-order valence-corrected chi connectivity index (χ0v) is 8.69. The van der Waals surface area contributed by atoms with Crippen molar-refractivity contribution in [2.24, 2.45) is 0 Å². The topological polar surface area (TPSA) is 82.7 Å². The van der Waals surface area contributed by atoms with Crippen LogP contribution in [-0.4, -0.2) is 28.1 Å². The molecule has 0 radical (unpaired) electrons. The van der Waals surface area contributed by atoms with Crippen molar-refractivity contribution in [2.75, 3.05) is 17.7 Å². The molecule has 0 bridgehead atoms. The number of hydrogen-bond donors (Lipinski definition) is 3. The number of carbonyl (C=O) groups is 1. The average Bonchev–Trinajstić information content (AvgIpc) is 2.82. The zero-order valence-electron chi connectivity index (χ0n) is 8.69. The van der Waals surface area contributed by atoms with Crippen LogP contribution in [0.5, 0.6) is 0 Å². The number of nitrogens with zero attached hydrogens (tertiary/aromatic N) is 2. The number of rotatable bonds is 3. The van der Waals surface area contributed by atoms with Crippen LogP contribution in [0, 0.1) is 0 Å². The summed E-state index contributed by atoms with van der Waals surface area (Å²) < 4.78 is 0. The first-order valence-electron chi connectivity index (χ1n) is 4.73. The highest BCUT2D eigenvalue weighted by Crippen LogP contribution is 2.07. The molecule has 6 nitrogen and oxygen atoms in total. The van der Waals surface area contributed by atoms with Gasteiger partial charge in [0.15, 0.2) is 0 Å². The quantitative estimate of drug-likeness (QED) is 0.719. The highest BCUT2D eigenvalue weighted by Gasteiger charge is 2.07. The molecule has 0 aliphatic rings. The second-order valence-corrected chi connectivity index (χ2v) is 3.12. The molecule has 0 aromatic carbocycles. The normalized spacial score (nSPS) is 9.81. The van der Waals surface area contributed by atoms with Crippen LogP contribution in [0.4, 0.5) is 11.4 Å². The number of carbonyl (C=O) groups excluding carboxylic acids is 1. The number of hydrogen-bond acceptors (Lipinski definition) is 4. The summed E-state index contributed by atoms with van der Waals surface area (Å²) in [6.45, 7) is 0. The molecule has 82 valence electrons. The van der Waals surface area contributed by atoms with E-state index < -0.39 is 0 Å². The van der Waals surface area contributed by atoms with Crippen LogP contribution in [0.15, 0.2) is 30.7 Å². The second kappa shape index (κ2) is 4.43. The van der Waals surface area contributed by atoms with E-state index in [0.29, 0.717) is 11.4 Å². The first kappa shape index (κ1) is 10.2. The molecule has 0 aliphatic carbocycles. The molecule has 0 unspecified atom stereocenters. The lowest BCUT2D eigenvalue weighted by molar-refractivity contribution is 0.102. The lowest BCUT2D eigenvalue weighted by Crippen LogP contribution is -2.13.